The van der Waals surface area contributed by atoms with E-state index in [9.17, 15) is 0 Å². The van der Waals surface area contributed by atoms with Crippen LogP contribution < -0.4 is 5.32 Å². The molecule has 0 saturated carbocycles. The minimum atomic E-state index is 0.576. The lowest BCUT2D eigenvalue weighted by Gasteiger charge is -2.24. The van der Waals surface area contributed by atoms with Gasteiger partial charge in [0.2, 0.25) is 0 Å². The van der Waals surface area contributed by atoms with E-state index >= 15 is 0 Å². The molecule has 0 aliphatic heterocycles. The molecule has 0 aromatic rings. The summed E-state index contributed by atoms with van der Waals surface area (Å²) in [6, 6.07) is 1.16. The standard InChI is InChI=1S/C12H25N/c1-7-10(4)8-11(5)12(6)13-9(2)3/h9,11-13H,4,7-8H2,1-3,5-6H3. The van der Waals surface area contributed by atoms with Crippen molar-refractivity contribution in [1.29, 1.82) is 0 Å². The van der Waals surface area contributed by atoms with Crippen molar-refractivity contribution in [2.24, 2.45) is 5.92 Å². The fourth-order valence-electron chi connectivity index (χ4n) is 1.47. The maximum Gasteiger partial charge on any atom is 0.00697 e. The van der Waals surface area contributed by atoms with E-state index in [-0.39, 0.29) is 0 Å². The minimum absolute atomic E-state index is 0.576. The molecule has 0 saturated heterocycles. The van der Waals surface area contributed by atoms with Crippen LogP contribution in [0, 0.1) is 5.92 Å². The third kappa shape index (κ3) is 5.87. The van der Waals surface area contributed by atoms with Crippen LogP contribution in [0.4, 0.5) is 0 Å². The summed E-state index contributed by atoms with van der Waals surface area (Å²) in [6.45, 7) is 15.2. The van der Waals surface area contributed by atoms with E-state index in [1.165, 1.54) is 5.57 Å². The van der Waals surface area contributed by atoms with Crippen molar-refractivity contribution in [2.75, 3.05) is 0 Å². The average Bonchev–Trinajstić information content (AvgIpc) is 2.02. The Balaban J connectivity index is 3.81. The predicted molar refractivity (Wildman–Crippen MR) is 60.9 cm³/mol. The molecular weight excluding hydrogens is 158 g/mol. The van der Waals surface area contributed by atoms with Gasteiger partial charge >= 0.3 is 0 Å². The lowest BCUT2D eigenvalue weighted by Crippen LogP contribution is -2.37. The van der Waals surface area contributed by atoms with Gasteiger partial charge in [-0.1, -0.05) is 39.8 Å². The number of allylic oxidation sites excluding steroid dienone is 1. The molecular formula is C12H25N. The molecule has 0 aromatic carbocycles. The van der Waals surface area contributed by atoms with Crippen LogP contribution in [-0.4, -0.2) is 12.1 Å². The van der Waals surface area contributed by atoms with Crippen molar-refractivity contribution in [3.05, 3.63) is 12.2 Å². The van der Waals surface area contributed by atoms with Gasteiger partial charge in [-0.15, -0.1) is 0 Å². The highest BCUT2D eigenvalue weighted by Crippen LogP contribution is 2.16. The Kier molecular flexibility index (Phi) is 6.06. The molecule has 13 heavy (non-hydrogen) atoms. The fourth-order valence-corrected chi connectivity index (χ4v) is 1.47. The van der Waals surface area contributed by atoms with Gasteiger partial charge < -0.3 is 5.32 Å². The topological polar surface area (TPSA) is 12.0 Å². The number of hydrogen-bond donors (Lipinski definition) is 1. The van der Waals surface area contributed by atoms with Crippen LogP contribution in [0.2, 0.25) is 0 Å². The molecule has 1 nitrogen and oxygen atoms in total. The quantitative estimate of drug-likeness (QED) is 0.623. The van der Waals surface area contributed by atoms with Gasteiger partial charge in [0.1, 0.15) is 0 Å². The lowest BCUT2D eigenvalue weighted by molar-refractivity contribution is 0.370. The number of rotatable bonds is 6. The molecule has 0 heterocycles. The third-order valence-electron chi connectivity index (χ3n) is 2.56. The van der Waals surface area contributed by atoms with Crippen molar-refractivity contribution in [3.63, 3.8) is 0 Å². The first-order chi connectivity index (χ1) is 5.97. The molecule has 0 aliphatic rings. The van der Waals surface area contributed by atoms with E-state index in [0.717, 1.165) is 12.8 Å². The normalized spacial score (nSPS) is 15.8. The smallest absolute Gasteiger partial charge is 0.00697 e. The first kappa shape index (κ1) is 12.7. The van der Waals surface area contributed by atoms with Gasteiger partial charge in [-0.3, -0.25) is 0 Å². The molecule has 0 bridgehead atoms. The van der Waals surface area contributed by atoms with Gasteiger partial charge in [-0.05, 0) is 25.7 Å². The zero-order chi connectivity index (χ0) is 10.4. The fraction of sp³-hybridized carbons (Fsp3) is 0.833. The summed E-state index contributed by atoms with van der Waals surface area (Å²) < 4.78 is 0. The van der Waals surface area contributed by atoms with E-state index in [2.05, 4.69) is 46.5 Å². The minimum Gasteiger partial charge on any atom is -0.312 e. The van der Waals surface area contributed by atoms with Crippen LogP contribution in [0.25, 0.3) is 0 Å². The molecule has 0 spiro atoms. The maximum absolute atomic E-state index is 4.05. The Morgan fingerprint density at radius 3 is 2.15 bits per heavy atom. The van der Waals surface area contributed by atoms with Crippen molar-refractivity contribution in [1.82, 2.24) is 5.32 Å². The Hall–Kier alpha value is -0.300. The SMILES string of the molecule is C=C(CC)CC(C)C(C)NC(C)C. The highest BCUT2D eigenvalue weighted by atomic mass is 14.9. The summed E-state index contributed by atoms with van der Waals surface area (Å²) in [6.07, 6.45) is 2.26. The van der Waals surface area contributed by atoms with Crippen LogP contribution in [-0.2, 0) is 0 Å². The monoisotopic (exact) mass is 183 g/mol. The second-order valence-electron chi connectivity index (χ2n) is 4.40. The van der Waals surface area contributed by atoms with Gasteiger partial charge in [0.05, 0.1) is 0 Å². The zero-order valence-corrected chi connectivity index (χ0v) is 9.85. The highest BCUT2D eigenvalue weighted by Gasteiger charge is 2.12. The Morgan fingerprint density at radius 2 is 1.77 bits per heavy atom. The first-order valence-corrected chi connectivity index (χ1v) is 5.40. The molecule has 78 valence electrons. The molecule has 0 aromatic heterocycles. The van der Waals surface area contributed by atoms with Crippen molar-refractivity contribution in [2.45, 2.75) is 59.5 Å². The zero-order valence-electron chi connectivity index (χ0n) is 9.85. The van der Waals surface area contributed by atoms with Crippen LogP contribution in [0.3, 0.4) is 0 Å². The molecule has 0 aliphatic carbocycles. The van der Waals surface area contributed by atoms with Crippen molar-refractivity contribution < 1.29 is 0 Å². The van der Waals surface area contributed by atoms with Gasteiger partial charge in [0.25, 0.3) is 0 Å². The lowest BCUT2D eigenvalue weighted by atomic mass is 9.94. The van der Waals surface area contributed by atoms with E-state index in [0.29, 0.717) is 18.0 Å². The largest absolute Gasteiger partial charge is 0.312 e. The molecule has 1 N–H and O–H groups in total. The van der Waals surface area contributed by atoms with E-state index < -0.39 is 0 Å². The second-order valence-corrected chi connectivity index (χ2v) is 4.40. The molecule has 2 unspecified atom stereocenters. The molecule has 1 heteroatoms. The Labute approximate surface area is 83.6 Å². The molecule has 2 atom stereocenters. The molecule has 0 rings (SSSR count). The van der Waals surface area contributed by atoms with Crippen molar-refractivity contribution in [3.8, 4) is 0 Å². The maximum atomic E-state index is 4.05. The highest BCUT2D eigenvalue weighted by molar-refractivity contribution is 4.95. The summed E-state index contributed by atoms with van der Waals surface area (Å²) in [5.41, 5.74) is 1.37. The molecule has 0 fully saturated rings. The number of hydrogen-bond acceptors (Lipinski definition) is 1. The van der Waals surface area contributed by atoms with Crippen LogP contribution in [0.15, 0.2) is 12.2 Å². The van der Waals surface area contributed by atoms with Crippen LogP contribution in [0.5, 0.6) is 0 Å². The summed E-state index contributed by atoms with van der Waals surface area (Å²) in [5.74, 6) is 0.690. The summed E-state index contributed by atoms with van der Waals surface area (Å²) in [5, 5.41) is 3.53. The first-order valence-electron chi connectivity index (χ1n) is 5.40. The third-order valence-corrected chi connectivity index (χ3v) is 2.56. The van der Waals surface area contributed by atoms with Gasteiger partial charge in [0, 0.05) is 12.1 Å². The Morgan fingerprint density at radius 1 is 1.23 bits per heavy atom. The van der Waals surface area contributed by atoms with E-state index in [4.69, 9.17) is 0 Å². The number of nitrogens with one attached hydrogen (secondary N) is 1. The summed E-state index contributed by atoms with van der Waals surface area (Å²) >= 11 is 0. The Bertz CT molecular complexity index is 149. The predicted octanol–water partition coefficient (Wildman–Crippen LogP) is 3.37. The van der Waals surface area contributed by atoms with Gasteiger partial charge in [-0.2, -0.15) is 0 Å². The van der Waals surface area contributed by atoms with Crippen LogP contribution in [0.1, 0.15) is 47.5 Å². The summed E-state index contributed by atoms with van der Waals surface area (Å²) in [4.78, 5) is 0. The van der Waals surface area contributed by atoms with E-state index in [1.807, 2.05) is 0 Å². The van der Waals surface area contributed by atoms with E-state index in [1.54, 1.807) is 0 Å². The molecule has 0 amide bonds. The van der Waals surface area contributed by atoms with Crippen LogP contribution >= 0.6 is 0 Å². The molecule has 0 radical (unpaired) electrons. The van der Waals surface area contributed by atoms with Gasteiger partial charge in [-0.25, -0.2) is 0 Å². The summed E-state index contributed by atoms with van der Waals surface area (Å²) in [7, 11) is 0. The average molecular weight is 183 g/mol. The van der Waals surface area contributed by atoms with Gasteiger partial charge in [0.15, 0.2) is 0 Å². The van der Waals surface area contributed by atoms with Crippen molar-refractivity contribution >= 4 is 0 Å². The second kappa shape index (κ2) is 6.20.